The molecule has 164 valence electrons. The first-order chi connectivity index (χ1) is 15.6. The lowest BCUT2D eigenvalue weighted by Crippen LogP contribution is -2.20. The molecule has 0 saturated heterocycles. The van der Waals surface area contributed by atoms with Crippen LogP contribution in [0.25, 0.3) is 33.1 Å². The van der Waals surface area contributed by atoms with Crippen molar-refractivity contribution in [1.82, 2.24) is 4.98 Å². The van der Waals surface area contributed by atoms with Crippen molar-refractivity contribution in [1.29, 1.82) is 0 Å². The highest BCUT2D eigenvalue weighted by Gasteiger charge is 2.24. The molecule has 1 aliphatic rings. The summed E-state index contributed by atoms with van der Waals surface area (Å²) in [5.41, 5.74) is 4.14. The van der Waals surface area contributed by atoms with E-state index >= 15 is 0 Å². The van der Waals surface area contributed by atoms with Crippen LogP contribution in [0, 0.1) is 6.92 Å². The fourth-order valence-electron chi connectivity index (χ4n) is 4.89. The number of fused-ring (bicyclic) bond motifs is 2. The number of para-hydroxylation sites is 1. The molecule has 2 heterocycles. The van der Waals surface area contributed by atoms with E-state index in [0.29, 0.717) is 22.3 Å². The average molecular weight is 430 g/mol. The summed E-state index contributed by atoms with van der Waals surface area (Å²) in [6.07, 6.45) is 6.42. The summed E-state index contributed by atoms with van der Waals surface area (Å²) in [5.74, 6) is 0.363. The molecule has 1 N–H and O–H groups in total. The van der Waals surface area contributed by atoms with E-state index in [0.717, 1.165) is 60.0 Å². The fourth-order valence-corrected chi connectivity index (χ4v) is 4.89. The number of nitrogens with zero attached hydrogens (tertiary/aromatic N) is 1. The number of ether oxygens (including phenoxy) is 1. The van der Waals surface area contributed by atoms with Gasteiger partial charge in [-0.3, -0.25) is 0 Å². The zero-order valence-corrected chi connectivity index (χ0v) is 18.5. The first-order valence-electron chi connectivity index (χ1n) is 11.4. The van der Waals surface area contributed by atoms with Crippen LogP contribution in [0.2, 0.25) is 0 Å². The van der Waals surface area contributed by atoms with Gasteiger partial charge in [-0.2, -0.15) is 0 Å². The van der Waals surface area contributed by atoms with E-state index in [1.165, 1.54) is 6.42 Å². The largest absolute Gasteiger partial charge is 0.490 e. The maximum absolute atomic E-state index is 12.4. The van der Waals surface area contributed by atoms with Gasteiger partial charge < -0.3 is 14.3 Å². The predicted molar refractivity (Wildman–Crippen MR) is 126 cm³/mol. The molecule has 4 aromatic rings. The molecule has 5 nitrogen and oxygen atoms in total. The minimum absolute atomic E-state index is 0.126. The molecule has 0 atom stereocenters. The first kappa shape index (κ1) is 20.6. The smallest absolute Gasteiger partial charge is 0.336 e. The second-order valence-corrected chi connectivity index (χ2v) is 8.57. The van der Waals surface area contributed by atoms with Crippen LogP contribution in [-0.2, 0) is 6.42 Å². The molecule has 0 spiro atoms. The predicted octanol–water partition coefficient (Wildman–Crippen LogP) is 6.93. The van der Waals surface area contributed by atoms with Crippen molar-refractivity contribution >= 4 is 27.8 Å². The van der Waals surface area contributed by atoms with E-state index in [-0.39, 0.29) is 11.7 Å². The van der Waals surface area contributed by atoms with Crippen LogP contribution in [-0.4, -0.2) is 22.2 Å². The zero-order chi connectivity index (χ0) is 22.2. The Labute approximate surface area is 187 Å². The fraction of sp³-hybridized carbons (Fsp3) is 0.333. The Balaban J connectivity index is 1.75. The van der Waals surface area contributed by atoms with Gasteiger partial charge in [0.2, 0.25) is 0 Å². The van der Waals surface area contributed by atoms with E-state index in [4.69, 9.17) is 14.1 Å². The van der Waals surface area contributed by atoms with Crippen molar-refractivity contribution in [3.8, 4) is 17.0 Å². The molecule has 1 fully saturated rings. The molecule has 5 heteroatoms. The molecular weight excluding hydrogens is 402 g/mol. The van der Waals surface area contributed by atoms with E-state index < -0.39 is 5.97 Å². The Morgan fingerprint density at radius 2 is 1.94 bits per heavy atom. The summed E-state index contributed by atoms with van der Waals surface area (Å²) in [6, 6.07) is 13.4. The number of benzene rings is 2. The van der Waals surface area contributed by atoms with Gasteiger partial charge in [0.05, 0.1) is 28.3 Å². The van der Waals surface area contributed by atoms with E-state index in [9.17, 15) is 9.90 Å². The Morgan fingerprint density at radius 3 is 2.69 bits per heavy atom. The Bertz CT molecular complexity index is 1310. The van der Waals surface area contributed by atoms with E-state index in [2.05, 4.69) is 6.92 Å². The third-order valence-electron chi connectivity index (χ3n) is 6.49. The van der Waals surface area contributed by atoms with Crippen LogP contribution in [0.4, 0.5) is 0 Å². The summed E-state index contributed by atoms with van der Waals surface area (Å²) in [6.45, 7) is 3.95. The molecule has 32 heavy (non-hydrogen) atoms. The number of furan rings is 1. The molecule has 1 saturated carbocycles. The monoisotopic (exact) mass is 429 g/mol. The molecule has 0 amide bonds. The number of pyridine rings is 1. The SMILES string of the molecule is CCc1ccc(OC2CCCCC2)c2c(C(=O)O)cc(-c3c(C)oc4ccccc34)nc12. The standard InChI is InChI=1S/C27H27NO4/c1-3-17-13-14-23(32-18-9-5-4-6-10-18)25-20(27(29)30)15-21(28-26(17)25)24-16(2)31-22-12-8-7-11-19(22)24/h7-8,11-15,18H,3-6,9-10H2,1-2H3,(H,29,30). The van der Waals surface area contributed by atoms with Gasteiger partial charge in [0.25, 0.3) is 0 Å². The molecule has 0 unspecified atom stereocenters. The molecular formula is C27H27NO4. The number of rotatable bonds is 5. The maximum Gasteiger partial charge on any atom is 0.336 e. The van der Waals surface area contributed by atoms with Gasteiger partial charge in [0.15, 0.2) is 0 Å². The third-order valence-corrected chi connectivity index (χ3v) is 6.49. The molecule has 0 bridgehead atoms. The van der Waals surface area contributed by atoms with Gasteiger partial charge in [-0.1, -0.05) is 37.6 Å². The molecule has 0 radical (unpaired) electrons. The third kappa shape index (κ3) is 3.52. The number of aryl methyl sites for hydroxylation is 2. The van der Waals surface area contributed by atoms with E-state index in [1.54, 1.807) is 6.07 Å². The quantitative estimate of drug-likeness (QED) is 0.372. The van der Waals surface area contributed by atoms with Crippen LogP contribution in [0.1, 0.15) is 60.7 Å². The summed E-state index contributed by atoms with van der Waals surface area (Å²) >= 11 is 0. The van der Waals surface area contributed by atoms with Crippen molar-refractivity contribution in [2.75, 3.05) is 0 Å². The second-order valence-electron chi connectivity index (χ2n) is 8.57. The summed E-state index contributed by atoms with van der Waals surface area (Å²) in [4.78, 5) is 17.4. The zero-order valence-electron chi connectivity index (χ0n) is 18.5. The van der Waals surface area contributed by atoms with Crippen LogP contribution in [0.3, 0.4) is 0 Å². The van der Waals surface area contributed by atoms with Gasteiger partial charge in [-0.05, 0) is 62.8 Å². The molecule has 1 aliphatic carbocycles. The number of hydrogen-bond acceptors (Lipinski definition) is 4. The lowest BCUT2D eigenvalue weighted by Gasteiger charge is -2.24. The van der Waals surface area contributed by atoms with Gasteiger partial charge in [0.1, 0.15) is 17.1 Å². The normalized spacial score (nSPS) is 14.8. The van der Waals surface area contributed by atoms with Crippen LogP contribution in [0.15, 0.2) is 46.9 Å². The van der Waals surface area contributed by atoms with Gasteiger partial charge in [-0.15, -0.1) is 0 Å². The van der Waals surface area contributed by atoms with Crippen molar-refractivity contribution in [3.05, 3.63) is 59.4 Å². The highest BCUT2D eigenvalue weighted by molar-refractivity contribution is 6.08. The Morgan fingerprint density at radius 1 is 1.16 bits per heavy atom. The highest BCUT2D eigenvalue weighted by Crippen LogP contribution is 2.39. The highest BCUT2D eigenvalue weighted by atomic mass is 16.5. The minimum atomic E-state index is -0.981. The van der Waals surface area contributed by atoms with Crippen LogP contribution >= 0.6 is 0 Å². The number of carboxylic acid groups (broad SMARTS) is 1. The number of carbonyl (C=O) groups is 1. The van der Waals surface area contributed by atoms with Crippen LogP contribution < -0.4 is 4.74 Å². The van der Waals surface area contributed by atoms with Crippen molar-refractivity contribution in [3.63, 3.8) is 0 Å². The topological polar surface area (TPSA) is 72.6 Å². The number of aromatic carboxylic acids is 1. The van der Waals surface area contributed by atoms with Gasteiger partial charge in [-0.25, -0.2) is 9.78 Å². The summed E-state index contributed by atoms with van der Waals surface area (Å²) < 4.78 is 12.3. The summed E-state index contributed by atoms with van der Waals surface area (Å²) in [7, 11) is 0. The van der Waals surface area contributed by atoms with Crippen molar-refractivity contribution in [2.45, 2.75) is 58.5 Å². The Hall–Kier alpha value is -3.34. The number of hydrogen-bond donors (Lipinski definition) is 1. The minimum Gasteiger partial charge on any atom is -0.490 e. The molecule has 2 aromatic heterocycles. The first-order valence-corrected chi connectivity index (χ1v) is 11.4. The maximum atomic E-state index is 12.4. The van der Waals surface area contributed by atoms with Crippen molar-refractivity contribution in [2.24, 2.45) is 0 Å². The second kappa shape index (κ2) is 8.30. The van der Waals surface area contributed by atoms with Crippen LogP contribution in [0.5, 0.6) is 5.75 Å². The molecule has 2 aromatic carbocycles. The molecule has 5 rings (SSSR count). The molecule has 0 aliphatic heterocycles. The van der Waals surface area contributed by atoms with Crippen molar-refractivity contribution < 1.29 is 19.1 Å². The Kier molecular flexibility index (Phi) is 5.33. The lowest BCUT2D eigenvalue weighted by molar-refractivity contribution is 0.0698. The number of aromatic nitrogens is 1. The van der Waals surface area contributed by atoms with Gasteiger partial charge in [0, 0.05) is 10.9 Å². The number of carboxylic acids is 1. The average Bonchev–Trinajstić information content (AvgIpc) is 3.14. The lowest BCUT2D eigenvalue weighted by atomic mass is 9.96. The summed E-state index contributed by atoms with van der Waals surface area (Å²) in [5, 5.41) is 11.7. The van der Waals surface area contributed by atoms with Gasteiger partial charge >= 0.3 is 5.97 Å². The van der Waals surface area contributed by atoms with E-state index in [1.807, 2.05) is 43.3 Å².